The quantitative estimate of drug-likeness (QED) is 0.559. The molecule has 2 N–H and O–H groups in total. The summed E-state index contributed by atoms with van der Waals surface area (Å²) in [6.07, 6.45) is 0.120. The Morgan fingerprint density at radius 2 is 2.20 bits per heavy atom. The molecule has 0 saturated carbocycles. The van der Waals surface area contributed by atoms with E-state index in [1.54, 1.807) is 6.92 Å². The molecule has 0 radical (unpaired) electrons. The van der Waals surface area contributed by atoms with Crippen LogP contribution >= 0.6 is 0 Å². The molecule has 0 bridgehead atoms. The lowest BCUT2D eigenvalue weighted by atomic mass is 10.1. The Labute approximate surface area is 61.4 Å². The van der Waals surface area contributed by atoms with E-state index in [-0.39, 0.29) is 11.8 Å². The van der Waals surface area contributed by atoms with E-state index < -0.39 is 6.23 Å². The molecule has 0 fully saturated rings. The van der Waals surface area contributed by atoms with Crippen molar-refractivity contribution in [1.82, 2.24) is 5.32 Å². The third-order valence-electron chi connectivity index (χ3n) is 1.34. The number of carbonyl (C=O) groups is 1. The number of hydrogen-bond donors (Lipinski definition) is 2. The molecule has 0 aromatic heterocycles. The largest absolute Gasteiger partial charge is 0.379 e. The molecular weight excluding hydrogens is 130 g/mol. The van der Waals surface area contributed by atoms with Gasteiger partial charge < -0.3 is 5.11 Å². The Morgan fingerprint density at radius 3 is 2.30 bits per heavy atom. The summed E-state index contributed by atoms with van der Waals surface area (Å²) in [6.45, 7) is 5.02. The molecule has 0 aliphatic heterocycles. The van der Waals surface area contributed by atoms with Gasteiger partial charge in [-0.15, -0.1) is 0 Å². The van der Waals surface area contributed by atoms with Gasteiger partial charge in [0.15, 0.2) is 0 Å². The lowest BCUT2D eigenvalue weighted by molar-refractivity contribution is -0.119. The maximum atomic E-state index is 10.7. The zero-order valence-electron chi connectivity index (χ0n) is 6.72. The summed E-state index contributed by atoms with van der Waals surface area (Å²) in [7, 11) is 0. The van der Waals surface area contributed by atoms with Gasteiger partial charge in [0.05, 0.1) is 6.04 Å². The highest BCUT2D eigenvalue weighted by Crippen LogP contribution is 1.92. The van der Waals surface area contributed by atoms with Crippen molar-refractivity contribution in [3.05, 3.63) is 0 Å². The molecule has 0 spiro atoms. The molecular formula is C7H15NO2. The van der Waals surface area contributed by atoms with E-state index in [2.05, 4.69) is 5.32 Å². The standard InChI is InChI=1S/C7H15NO2/c1-4-7(5(2)9)8-6(3)10/h6-8,10H,4H2,1-3H3. The Hall–Kier alpha value is -0.410. The predicted octanol–water partition coefficient (Wildman–Crippen LogP) is 0.282. The Bertz CT molecular complexity index is 112. The van der Waals surface area contributed by atoms with Crippen LogP contribution in [-0.4, -0.2) is 23.2 Å². The lowest BCUT2D eigenvalue weighted by Gasteiger charge is -2.15. The molecule has 0 heterocycles. The first-order chi connectivity index (χ1) is 4.57. The van der Waals surface area contributed by atoms with E-state index in [0.29, 0.717) is 0 Å². The minimum atomic E-state index is -0.603. The highest BCUT2D eigenvalue weighted by molar-refractivity contribution is 5.81. The van der Waals surface area contributed by atoms with Crippen LogP contribution in [0, 0.1) is 0 Å². The number of nitrogens with one attached hydrogen (secondary N) is 1. The Kier molecular flexibility index (Phi) is 4.23. The number of aliphatic hydroxyl groups is 1. The van der Waals surface area contributed by atoms with Crippen molar-refractivity contribution < 1.29 is 9.90 Å². The summed E-state index contributed by atoms with van der Waals surface area (Å²) >= 11 is 0. The Balaban J connectivity index is 3.72. The van der Waals surface area contributed by atoms with Gasteiger partial charge in [0.1, 0.15) is 12.0 Å². The highest BCUT2D eigenvalue weighted by Gasteiger charge is 2.11. The second-order valence-corrected chi connectivity index (χ2v) is 2.41. The van der Waals surface area contributed by atoms with E-state index in [4.69, 9.17) is 5.11 Å². The van der Waals surface area contributed by atoms with E-state index in [1.165, 1.54) is 6.92 Å². The van der Waals surface area contributed by atoms with Crippen LogP contribution in [-0.2, 0) is 4.79 Å². The number of aliphatic hydroxyl groups excluding tert-OH is 1. The third-order valence-corrected chi connectivity index (χ3v) is 1.34. The van der Waals surface area contributed by atoms with Crippen molar-refractivity contribution in [3.8, 4) is 0 Å². The van der Waals surface area contributed by atoms with E-state index in [0.717, 1.165) is 6.42 Å². The van der Waals surface area contributed by atoms with Crippen molar-refractivity contribution in [2.24, 2.45) is 0 Å². The molecule has 2 unspecified atom stereocenters. The minimum Gasteiger partial charge on any atom is -0.379 e. The lowest BCUT2D eigenvalue weighted by Crippen LogP contribution is -2.40. The van der Waals surface area contributed by atoms with E-state index >= 15 is 0 Å². The zero-order valence-corrected chi connectivity index (χ0v) is 6.72. The van der Waals surface area contributed by atoms with Gasteiger partial charge >= 0.3 is 0 Å². The smallest absolute Gasteiger partial charge is 0.146 e. The summed E-state index contributed by atoms with van der Waals surface area (Å²) in [6, 6.07) is -0.194. The average molecular weight is 145 g/mol. The molecule has 0 aliphatic carbocycles. The van der Waals surface area contributed by atoms with Crippen LogP contribution in [0.2, 0.25) is 0 Å². The maximum absolute atomic E-state index is 10.7. The summed E-state index contributed by atoms with van der Waals surface area (Å²) in [4.78, 5) is 10.7. The van der Waals surface area contributed by atoms with Crippen molar-refractivity contribution >= 4 is 5.78 Å². The van der Waals surface area contributed by atoms with Crippen molar-refractivity contribution in [2.45, 2.75) is 39.5 Å². The van der Waals surface area contributed by atoms with E-state index in [9.17, 15) is 4.79 Å². The first kappa shape index (κ1) is 9.59. The molecule has 0 amide bonds. The number of ketones is 1. The number of Topliss-reactive ketones (excluding diaryl/α,β-unsaturated/α-hetero) is 1. The van der Waals surface area contributed by atoms with Crippen LogP contribution in [0.1, 0.15) is 27.2 Å². The normalized spacial score (nSPS) is 16.4. The second kappa shape index (κ2) is 4.41. The topological polar surface area (TPSA) is 49.3 Å². The van der Waals surface area contributed by atoms with Crippen LogP contribution in [0.5, 0.6) is 0 Å². The minimum absolute atomic E-state index is 0.0726. The highest BCUT2D eigenvalue weighted by atomic mass is 16.3. The molecule has 0 aliphatic rings. The summed E-state index contributed by atoms with van der Waals surface area (Å²) in [5.41, 5.74) is 0. The van der Waals surface area contributed by atoms with Crippen molar-refractivity contribution in [3.63, 3.8) is 0 Å². The first-order valence-corrected chi connectivity index (χ1v) is 3.52. The van der Waals surface area contributed by atoms with E-state index in [1.807, 2.05) is 6.92 Å². The second-order valence-electron chi connectivity index (χ2n) is 2.41. The zero-order chi connectivity index (χ0) is 8.15. The predicted molar refractivity (Wildman–Crippen MR) is 39.6 cm³/mol. The van der Waals surface area contributed by atoms with Gasteiger partial charge in [-0.2, -0.15) is 0 Å². The number of hydrogen-bond acceptors (Lipinski definition) is 3. The van der Waals surface area contributed by atoms with Crippen LogP contribution in [0.4, 0.5) is 0 Å². The Morgan fingerprint density at radius 1 is 1.70 bits per heavy atom. The fourth-order valence-electron chi connectivity index (χ4n) is 0.814. The van der Waals surface area contributed by atoms with Crippen LogP contribution < -0.4 is 5.32 Å². The molecule has 3 heteroatoms. The van der Waals surface area contributed by atoms with Crippen molar-refractivity contribution in [2.75, 3.05) is 0 Å². The van der Waals surface area contributed by atoms with Gasteiger partial charge in [0, 0.05) is 0 Å². The average Bonchev–Trinajstić information content (AvgIpc) is 1.81. The van der Waals surface area contributed by atoms with Gasteiger partial charge in [-0.05, 0) is 20.3 Å². The van der Waals surface area contributed by atoms with Crippen LogP contribution in [0.15, 0.2) is 0 Å². The van der Waals surface area contributed by atoms with Gasteiger partial charge in [-0.3, -0.25) is 10.1 Å². The van der Waals surface area contributed by atoms with Crippen molar-refractivity contribution in [1.29, 1.82) is 0 Å². The fraction of sp³-hybridized carbons (Fsp3) is 0.857. The molecule has 60 valence electrons. The monoisotopic (exact) mass is 145 g/mol. The molecule has 0 rings (SSSR count). The maximum Gasteiger partial charge on any atom is 0.146 e. The van der Waals surface area contributed by atoms with Crippen LogP contribution in [0.3, 0.4) is 0 Å². The SMILES string of the molecule is CCC(NC(C)O)C(C)=O. The molecule has 2 atom stereocenters. The molecule has 0 aromatic rings. The first-order valence-electron chi connectivity index (χ1n) is 3.52. The fourth-order valence-corrected chi connectivity index (χ4v) is 0.814. The van der Waals surface area contributed by atoms with Gasteiger partial charge in [-0.25, -0.2) is 0 Å². The van der Waals surface area contributed by atoms with Crippen LogP contribution in [0.25, 0.3) is 0 Å². The molecule has 0 aromatic carbocycles. The van der Waals surface area contributed by atoms with Gasteiger partial charge in [0.2, 0.25) is 0 Å². The summed E-state index contributed by atoms with van der Waals surface area (Å²) < 4.78 is 0. The summed E-state index contributed by atoms with van der Waals surface area (Å²) in [5, 5.41) is 11.6. The molecule has 10 heavy (non-hydrogen) atoms. The molecule has 3 nitrogen and oxygen atoms in total. The third kappa shape index (κ3) is 3.58. The number of rotatable bonds is 4. The number of carbonyl (C=O) groups excluding carboxylic acids is 1. The van der Waals surface area contributed by atoms with Gasteiger partial charge in [-0.1, -0.05) is 6.92 Å². The summed E-state index contributed by atoms with van der Waals surface area (Å²) in [5.74, 6) is 0.0726. The van der Waals surface area contributed by atoms with Gasteiger partial charge in [0.25, 0.3) is 0 Å². The molecule has 0 saturated heterocycles.